The van der Waals surface area contributed by atoms with Gasteiger partial charge in [-0.1, -0.05) is 24.6 Å². The van der Waals surface area contributed by atoms with Gasteiger partial charge in [-0.05, 0) is 77.9 Å². The molecule has 162 valence electrons. The second kappa shape index (κ2) is 10.1. The molecule has 0 aromatic heterocycles. The maximum atomic E-state index is 13.0. The van der Waals surface area contributed by atoms with Gasteiger partial charge in [0.2, 0.25) is 0 Å². The number of carbonyl (C=O) groups is 3. The Labute approximate surface area is 198 Å². The van der Waals surface area contributed by atoms with E-state index >= 15 is 0 Å². The summed E-state index contributed by atoms with van der Waals surface area (Å²) in [5, 5.41) is 2.56. The lowest BCUT2D eigenvalue weighted by atomic mass is 10.1. The largest absolute Gasteiger partial charge is 0.490 e. The van der Waals surface area contributed by atoms with Gasteiger partial charge in [0, 0.05) is 5.02 Å². The fraction of sp³-hybridized carbons (Fsp3) is 0.227. The molecule has 0 bridgehead atoms. The molecule has 2 aromatic carbocycles. The zero-order valence-electron chi connectivity index (χ0n) is 16.9. The van der Waals surface area contributed by atoms with Crippen molar-refractivity contribution in [2.75, 3.05) is 18.1 Å². The quantitative estimate of drug-likeness (QED) is 0.302. The summed E-state index contributed by atoms with van der Waals surface area (Å²) < 4.78 is 12.3. The highest BCUT2D eigenvalue weighted by Gasteiger charge is 2.37. The second-order valence-electron chi connectivity index (χ2n) is 6.55. The Morgan fingerprint density at radius 3 is 2.58 bits per heavy atom. The lowest BCUT2D eigenvalue weighted by Crippen LogP contribution is -2.54. The number of urea groups is 1. The Kier molecular flexibility index (Phi) is 7.55. The van der Waals surface area contributed by atoms with Gasteiger partial charge in [-0.3, -0.25) is 14.9 Å². The van der Waals surface area contributed by atoms with E-state index in [4.69, 9.17) is 21.1 Å². The summed E-state index contributed by atoms with van der Waals surface area (Å²) in [5.74, 6) is -0.384. The molecule has 0 saturated carbocycles. The summed E-state index contributed by atoms with van der Waals surface area (Å²) in [5.41, 5.74) is 0.650. The monoisotopic (exact) mass is 554 g/mol. The van der Waals surface area contributed by atoms with Gasteiger partial charge in [0.1, 0.15) is 5.57 Å². The highest BCUT2D eigenvalue weighted by Crippen LogP contribution is 2.35. The Morgan fingerprint density at radius 2 is 1.90 bits per heavy atom. The van der Waals surface area contributed by atoms with Gasteiger partial charge in [0.05, 0.1) is 22.5 Å². The van der Waals surface area contributed by atoms with Crippen molar-refractivity contribution in [2.24, 2.45) is 0 Å². The lowest BCUT2D eigenvalue weighted by molar-refractivity contribution is -0.122. The molecule has 9 heteroatoms. The molecule has 1 saturated heterocycles. The molecule has 0 unspecified atom stereocenters. The molecule has 0 atom stereocenters. The van der Waals surface area contributed by atoms with Gasteiger partial charge in [-0.15, -0.1) is 0 Å². The van der Waals surface area contributed by atoms with Gasteiger partial charge < -0.3 is 9.47 Å². The molecule has 2 aromatic rings. The van der Waals surface area contributed by atoms with Crippen LogP contribution < -0.4 is 19.7 Å². The third-order valence-electron chi connectivity index (χ3n) is 4.26. The van der Waals surface area contributed by atoms with Gasteiger partial charge in [-0.2, -0.15) is 0 Å². The normalized spacial score (nSPS) is 15.3. The van der Waals surface area contributed by atoms with E-state index in [-0.39, 0.29) is 11.3 Å². The number of rotatable bonds is 7. The van der Waals surface area contributed by atoms with E-state index in [2.05, 4.69) is 27.9 Å². The number of hydrogen-bond acceptors (Lipinski definition) is 5. The fourth-order valence-electron chi connectivity index (χ4n) is 2.95. The van der Waals surface area contributed by atoms with Crippen LogP contribution in [0.2, 0.25) is 5.02 Å². The third-order valence-corrected chi connectivity index (χ3v) is 5.30. The van der Waals surface area contributed by atoms with Crippen LogP contribution in [0.3, 0.4) is 0 Å². The minimum Gasteiger partial charge on any atom is -0.490 e. The number of amides is 4. The summed E-state index contributed by atoms with van der Waals surface area (Å²) in [4.78, 5) is 38.7. The minimum atomic E-state index is -0.831. The molecule has 0 aliphatic carbocycles. The van der Waals surface area contributed by atoms with E-state index in [1.54, 1.807) is 30.3 Å². The van der Waals surface area contributed by atoms with Gasteiger partial charge in [0.25, 0.3) is 11.8 Å². The molecule has 0 radical (unpaired) electrons. The van der Waals surface area contributed by atoms with Gasteiger partial charge in [-0.25, -0.2) is 9.69 Å². The molecule has 3 rings (SSSR count). The van der Waals surface area contributed by atoms with Crippen LogP contribution in [-0.2, 0) is 9.59 Å². The van der Waals surface area contributed by atoms with E-state index in [0.29, 0.717) is 35.3 Å². The topological polar surface area (TPSA) is 84.9 Å². The Morgan fingerprint density at radius 1 is 1.13 bits per heavy atom. The van der Waals surface area contributed by atoms with E-state index in [0.717, 1.165) is 14.9 Å². The summed E-state index contributed by atoms with van der Waals surface area (Å²) in [6.07, 6.45) is 2.27. The van der Waals surface area contributed by atoms with E-state index < -0.39 is 17.8 Å². The predicted molar refractivity (Wildman–Crippen MR) is 127 cm³/mol. The van der Waals surface area contributed by atoms with E-state index in [9.17, 15) is 14.4 Å². The third kappa shape index (κ3) is 5.19. The van der Waals surface area contributed by atoms with Crippen molar-refractivity contribution in [3.8, 4) is 11.5 Å². The van der Waals surface area contributed by atoms with Crippen LogP contribution in [-0.4, -0.2) is 31.1 Å². The first-order valence-electron chi connectivity index (χ1n) is 9.61. The summed E-state index contributed by atoms with van der Waals surface area (Å²) in [6, 6.07) is 8.92. The minimum absolute atomic E-state index is 0.181. The van der Waals surface area contributed by atoms with Crippen LogP contribution in [0.1, 0.15) is 25.8 Å². The lowest BCUT2D eigenvalue weighted by Gasteiger charge is -2.26. The number of nitrogens with zero attached hydrogens (tertiary/aromatic N) is 1. The van der Waals surface area contributed by atoms with Crippen molar-refractivity contribution in [3.05, 3.63) is 56.1 Å². The summed E-state index contributed by atoms with van der Waals surface area (Å²) in [6.45, 7) is 4.82. The number of nitrogens with one attached hydrogen (secondary N) is 1. The Bertz CT molecular complexity index is 1070. The maximum absolute atomic E-state index is 13.0. The van der Waals surface area contributed by atoms with E-state index in [1.807, 2.05) is 13.8 Å². The van der Waals surface area contributed by atoms with Crippen molar-refractivity contribution in [1.82, 2.24) is 5.32 Å². The van der Waals surface area contributed by atoms with Crippen LogP contribution in [0, 0.1) is 3.57 Å². The van der Waals surface area contributed by atoms with Crippen LogP contribution in [0.4, 0.5) is 10.5 Å². The van der Waals surface area contributed by atoms with Crippen molar-refractivity contribution in [1.29, 1.82) is 0 Å². The number of anilines is 1. The molecule has 0 spiro atoms. The summed E-state index contributed by atoms with van der Waals surface area (Å²) >= 11 is 8.11. The van der Waals surface area contributed by atoms with E-state index in [1.165, 1.54) is 12.1 Å². The zero-order valence-corrected chi connectivity index (χ0v) is 19.8. The van der Waals surface area contributed by atoms with Crippen LogP contribution in [0.15, 0.2) is 42.0 Å². The fourth-order valence-corrected chi connectivity index (χ4v) is 3.92. The van der Waals surface area contributed by atoms with Crippen molar-refractivity contribution in [3.63, 3.8) is 0 Å². The Hall–Kier alpha value is -2.59. The second-order valence-corrected chi connectivity index (χ2v) is 8.15. The van der Waals surface area contributed by atoms with Crippen LogP contribution in [0.25, 0.3) is 6.08 Å². The first kappa shape index (κ1) is 23.1. The smallest absolute Gasteiger partial charge is 0.335 e. The molecule has 1 aliphatic heterocycles. The van der Waals surface area contributed by atoms with Crippen molar-refractivity contribution < 1.29 is 23.9 Å². The molecule has 1 heterocycles. The number of halogens is 2. The predicted octanol–water partition coefficient (Wildman–Crippen LogP) is 4.80. The van der Waals surface area contributed by atoms with Gasteiger partial charge >= 0.3 is 6.03 Å². The number of benzene rings is 2. The molecular weight excluding hydrogens is 535 g/mol. The number of imide groups is 2. The van der Waals surface area contributed by atoms with Crippen LogP contribution >= 0.6 is 34.2 Å². The molecule has 31 heavy (non-hydrogen) atoms. The number of carbonyl (C=O) groups excluding carboxylic acids is 3. The van der Waals surface area contributed by atoms with Crippen molar-refractivity contribution in [2.45, 2.75) is 20.3 Å². The average Bonchev–Trinajstić information content (AvgIpc) is 2.71. The standard InChI is InChI=1S/C22H20ClIN2O5/c1-3-8-31-19-17(24)10-13(11-18(19)30-4-2)9-16-20(27)25-22(29)26(21(16)28)15-7-5-6-14(23)12-15/h5-7,9-12H,3-4,8H2,1-2H3,(H,25,27,29)/b16-9+. The first-order valence-corrected chi connectivity index (χ1v) is 11.1. The number of ether oxygens (including phenoxy) is 2. The van der Waals surface area contributed by atoms with Crippen LogP contribution in [0.5, 0.6) is 11.5 Å². The molecule has 1 N–H and O–H groups in total. The number of barbiturate groups is 1. The molecular formula is C22H20ClIN2O5. The zero-order chi connectivity index (χ0) is 22.5. The SMILES string of the molecule is CCCOc1c(I)cc(/C=C2\C(=O)NC(=O)N(c3cccc(Cl)c3)C2=O)cc1OCC. The maximum Gasteiger partial charge on any atom is 0.335 e. The highest BCUT2D eigenvalue weighted by molar-refractivity contribution is 14.1. The number of hydrogen-bond donors (Lipinski definition) is 1. The average molecular weight is 555 g/mol. The summed E-state index contributed by atoms with van der Waals surface area (Å²) in [7, 11) is 0. The van der Waals surface area contributed by atoms with Gasteiger partial charge in [0.15, 0.2) is 11.5 Å². The first-order chi connectivity index (χ1) is 14.8. The van der Waals surface area contributed by atoms with Crippen molar-refractivity contribution >= 4 is 63.8 Å². The molecule has 1 fully saturated rings. The molecule has 7 nitrogen and oxygen atoms in total. The molecule has 4 amide bonds. The highest BCUT2D eigenvalue weighted by atomic mass is 127. The molecule has 1 aliphatic rings. The Balaban J connectivity index is 2.02.